The van der Waals surface area contributed by atoms with Gasteiger partial charge in [-0.25, -0.2) is 4.98 Å². The van der Waals surface area contributed by atoms with E-state index in [2.05, 4.69) is 30.7 Å². The predicted molar refractivity (Wildman–Crippen MR) is 65.9 cm³/mol. The highest BCUT2D eigenvalue weighted by Gasteiger charge is 2.15. The Morgan fingerprint density at radius 2 is 1.94 bits per heavy atom. The van der Waals surface area contributed by atoms with E-state index in [1.54, 1.807) is 7.11 Å². The lowest BCUT2D eigenvalue weighted by atomic mass is 9.93. The third-order valence-corrected chi connectivity index (χ3v) is 2.43. The van der Waals surface area contributed by atoms with Crippen molar-refractivity contribution in [3.8, 4) is 0 Å². The van der Waals surface area contributed by atoms with Gasteiger partial charge in [-0.3, -0.25) is 4.98 Å². The minimum absolute atomic E-state index is 0.0522. The molecule has 0 fully saturated rings. The van der Waals surface area contributed by atoms with Crippen LogP contribution in [0.1, 0.15) is 26.5 Å². The molecule has 0 amide bonds. The summed E-state index contributed by atoms with van der Waals surface area (Å²) >= 11 is 0. The Morgan fingerprint density at radius 1 is 1.25 bits per heavy atom. The average Bonchev–Trinajstić information content (AvgIpc) is 2.25. The molecule has 0 atom stereocenters. The van der Waals surface area contributed by atoms with Crippen molar-refractivity contribution in [1.29, 1.82) is 0 Å². The molecule has 1 aromatic rings. The van der Waals surface area contributed by atoms with Gasteiger partial charge in [0.1, 0.15) is 5.82 Å². The second-order valence-corrected chi connectivity index (χ2v) is 4.92. The Labute approximate surface area is 97.7 Å². The molecule has 0 saturated heterocycles. The van der Waals surface area contributed by atoms with Crippen molar-refractivity contribution in [2.45, 2.75) is 26.2 Å². The quantitative estimate of drug-likeness (QED) is 0.781. The van der Waals surface area contributed by atoms with E-state index in [-0.39, 0.29) is 5.41 Å². The molecule has 0 saturated carbocycles. The second-order valence-electron chi connectivity index (χ2n) is 4.92. The van der Waals surface area contributed by atoms with Crippen LogP contribution in [0.2, 0.25) is 0 Å². The van der Waals surface area contributed by atoms with Crippen LogP contribution in [0.4, 0.5) is 5.82 Å². The molecule has 1 aromatic heterocycles. The SMILES string of the molecule is COCCN(C)c1cnc(C(C)(C)C)cn1. The normalized spacial score (nSPS) is 11.6. The molecule has 0 aliphatic rings. The number of hydrogen-bond donors (Lipinski definition) is 0. The van der Waals surface area contributed by atoms with E-state index in [4.69, 9.17) is 4.74 Å². The third-order valence-electron chi connectivity index (χ3n) is 2.43. The van der Waals surface area contributed by atoms with E-state index in [9.17, 15) is 0 Å². The van der Waals surface area contributed by atoms with Gasteiger partial charge in [-0.2, -0.15) is 0 Å². The summed E-state index contributed by atoms with van der Waals surface area (Å²) in [7, 11) is 3.68. The molecule has 1 rings (SSSR count). The maximum Gasteiger partial charge on any atom is 0.146 e. The lowest BCUT2D eigenvalue weighted by molar-refractivity contribution is 0.206. The maximum absolute atomic E-state index is 5.02. The zero-order chi connectivity index (χ0) is 12.2. The molecule has 0 aliphatic carbocycles. The van der Waals surface area contributed by atoms with Gasteiger partial charge >= 0.3 is 0 Å². The number of rotatable bonds is 4. The highest BCUT2D eigenvalue weighted by atomic mass is 16.5. The first-order valence-corrected chi connectivity index (χ1v) is 5.47. The van der Waals surface area contributed by atoms with Crippen LogP contribution in [0.3, 0.4) is 0 Å². The van der Waals surface area contributed by atoms with Crippen LogP contribution in [-0.4, -0.2) is 37.3 Å². The largest absolute Gasteiger partial charge is 0.383 e. The van der Waals surface area contributed by atoms with E-state index < -0.39 is 0 Å². The van der Waals surface area contributed by atoms with Gasteiger partial charge < -0.3 is 9.64 Å². The molecular formula is C12H21N3O. The predicted octanol–water partition coefficient (Wildman–Crippen LogP) is 1.86. The fraction of sp³-hybridized carbons (Fsp3) is 0.667. The van der Waals surface area contributed by atoms with E-state index >= 15 is 0 Å². The van der Waals surface area contributed by atoms with Gasteiger partial charge in [0.05, 0.1) is 24.7 Å². The zero-order valence-corrected chi connectivity index (χ0v) is 10.8. The highest BCUT2D eigenvalue weighted by molar-refractivity contribution is 5.34. The van der Waals surface area contributed by atoms with Gasteiger partial charge in [0.25, 0.3) is 0 Å². The summed E-state index contributed by atoms with van der Waals surface area (Å²) in [5.41, 5.74) is 1.06. The Balaban J connectivity index is 2.71. The summed E-state index contributed by atoms with van der Waals surface area (Å²) < 4.78 is 5.02. The molecule has 90 valence electrons. The Morgan fingerprint density at radius 3 is 2.38 bits per heavy atom. The molecule has 0 N–H and O–H groups in total. The number of ether oxygens (including phenoxy) is 1. The highest BCUT2D eigenvalue weighted by Crippen LogP contribution is 2.19. The molecular weight excluding hydrogens is 202 g/mol. The fourth-order valence-electron chi connectivity index (χ4n) is 1.25. The molecule has 16 heavy (non-hydrogen) atoms. The molecule has 1 heterocycles. The van der Waals surface area contributed by atoms with Gasteiger partial charge in [-0.15, -0.1) is 0 Å². The second kappa shape index (κ2) is 5.25. The van der Waals surface area contributed by atoms with Gasteiger partial charge in [-0.05, 0) is 0 Å². The lowest BCUT2D eigenvalue weighted by Crippen LogP contribution is -2.24. The molecule has 4 nitrogen and oxygen atoms in total. The zero-order valence-electron chi connectivity index (χ0n) is 10.8. The minimum atomic E-state index is 0.0522. The summed E-state index contributed by atoms with van der Waals surface area (Å²) in [4.78, 5) is 10.9. The van der Waals surface area contributed by atoms with Crippen LogP contribution in [0.15, 0.2) is 12.4 Å². The van der Waals surface area contributed by atoms with Crippen molar-refractivity contribution in [1.82, 2.24) is 9.97 Å². The van der Waals surface area contributed by atoms with Crippen LogP contribution < -0.4 is 4.90 Å². The first-order chi connectivity index (χ1) is 7.45. The number of likely N-dealkylation sites (N-methyl/N-ethyl adjacent to an activating group) is 1. The van der Waals surface area contributed by atoms with Gasteiger partial charge in [0.15, 0.2) is 0 Å². The molecule has 0 bridgehead atoms. The van der Waals surface area contributed by atoms with Crippen molar-refractivity contribution in [3.05, 3.63) is 18.1 Å². The number of aromatic nitrogens is 2. The van der Waals surface area contributed by atoms with Crippen molar-refractivity contribution in [2.24, 2.45) is 0 Å². The van der Waals surface area contributed by atoms with Crippen molar-refractivity contribution in [2.75, 3.05) is 32.2 Å². The Hall–Kier alpha value is -1.16. The lowest BCUT2D eigenvalue weighted by Gasteiger charge is -2.20. The number of methoxy groups -OCH3 is 1. The van der Waals surface area contributed by atoms with E-state index in [0.717, 1.165) is 18.1 Å². The van der Waals surface area contributed by atoms with Crippen LogP contribution in [0, 0.1) is 0 Å². The fourth-order valence-corrected chi connectivity index (χ4v) is 1.25. The van der Waals surface area contributed by atoms with Crippen molar-refractivity contribution < 1.29 is 4.74 Å². The van der Waals surface area contributed by atoms with Crippen molar-refractivity contribution >= 4 is 5.82 Å². The van der Waals surface area contributed by atoms with Crippen LogP contribution in [0.5, 0.6) is 0 Å². The standard InChI is InChI=1S/C12H21N3O/c1-12(2,3)10-8-14-11(9-13-10)15(4)6-7-16-5/h8-9H,6-7H2,1-5H3. The smallest absolute Gasteiger partial charge is 0.146 e. The molecule has 0 spiro atoms. The van der Waals surface area contributed by atoms with Gasteiger partial charge in [-0.1, -0.05) is 20.8 Å². The van der Waals surface area contributed by atoms with Crippen LogP contribution in [0.25, 0.3) is 0 Å². The van der Waals surface area contributed by atoms with Gasteiger partial charge in [0, 0.05) is 26.1 Å². The van der Waals surface area contributed by atoms with E-state index in [1.165, 1.54) is 0 Å². The molecule has 0 aliphatic heterocycles. The number of anilines is 1. The molecule has 0 unspecified atom stereocenters. The summed E-state index contributed by atoms with van der Waals surface area (Å²) in [6.45, 7) is 7.90. The van der Waals surface area contributed by atoms with E-state index in [0.29, 0.717) is 6.61 Å². The van der Waals surface area contributed by atoms with Crippen molar-refractivity contribution in [3.63, 3.8) is 0 Å². The average molecular weight is 223 g/mol. The maximum atomic E-state index is 5.02. The first-order valence-electron chi connectivity index (χ1n) is 5.47. The molecule has 4 heteroatoms. The first kappa shape index (κ1) is 12.9. The summed E-state index contributed by atoms with van der Waals surface area (Å²) in [5, 5.41) is 0. The number of hydrogen-bond acceptors (Lipinski definition) is 4. The molecule has 0 aromatic carbocycles. The summed E-state index contributed by atoms with van der Waals surface area (Å²) in [6.07, 6.45) is 3.66. The Kier molecular flexibility index (Phi) is 4.24. The van der Waals surface area contributed by atoms with Gasteiger partial charge in [0.2, 0.25) is 0 Å². The number of nitrogens with zero attached hydrogens (tertiary/aromatic N) is 3. The molecule has 0 radical (unpaired) electrons. The minimum Gasteiger partial charge on any atom is -0.383 e. The summed E-state index contributed by atoms with van der Waals surface area (Å²) in [5.74, 6) is 0.880. The summed E-state index contributed by atoms with van der Waals surface area (Å²) in [6, 6.07) is 0. The topological polar surface area (TPSA) is 38.2 Å². The van der Waals surface area contributed by atoms with Crippen LogP contribution >= 0.6 is 0 Å². The monoisotopic (exact) mass is 223 g/mol. The van der Waals surface area contributed by atoms with Crippen LogP contribution in [-0.2, 0) is 10.2 Å². The third kappa shape index (κ3) is 3.45. The Bertz CT molecular complexity index is 316. The van der Waals surface area contributed by atoms with E-state index in [1.807, 2.05) is 24.3 Å².